The molecule has 2 aromatic carbocycles. The normalized spacial score (nSPS) is 15.3. The van der Waals surface area contributed by atoms with Crippen molar-refractivity contribution in [3.8, 4) is 0 Å². The Morgan fingerprint density at radius 1 is 1.26 bits per heavy atom. The Morgan fingerprint density at radius 2 is 2.11 bits per heavy atom. The molecule has 5 rings (SSSR count). The van der Waals surface area contributed by atoms with Crippen molar-refractivity contribution in [3.05, 3.63) is 64.5 Å². The van der Waals surface area contributed by atoms with Crippen LogP contribution in [0.5, 0.6) is 0 Å². The first-order valence-electron chi connectivity index (χ1n) is 9.11. The molecule has 1 atom stereocenters. The minimum absolute atomic E-state index is 0.133. The molecule has 6 heteroatoms. The number of para-hydroxylation sites is 2. The number of rotatable bonds is 2. The molecular weight excluding hydrogens is 404 g/mol. The van der Waals surface area contributed by atoms with Gasteiger partial charge in [0.1, 0.15) is 6.04 Å². The molecule has 1 N–H and O–H groups in total. The number of fused-ring (bicyclic) bond motifs is 4. The summed E-state index contributed by atoms with van der Waals surface area (Å²) in [6.45, 7) is 3.33. The number of aromatic amines is 1. The second-order valence-corrected chi connectivity index (χ2v) is 8.01. The average molecular weight is 423 g/mol. The van der Waals surface area contributed by atoms with E-state index in [9.17, 15) is 4.79 Å². The van der Waals surface area contributed by atoms with Gasteiger partial charge in [0, 0.05) is 46.1 Å². The molecule has 0 saturated carbocycles. The molecule has 2 aromatic heterocycles. The molecule has 0 aliphatic carbocycles. The highest BCUT2D eigenvalue weighted by Crippen LogP contribution is 2.31. The van der Waals surface area contributed by atoms with Gasteiger partial charge in [-0.05, 0) is 37.3 Å². The zero-order valence-electron chi connectivity index (χ0n) is 14.9. The van der Waals surface area contributed by atoms with Crippen LogP contribution >= 0.6 is 15.9 Å². The molecule has 0 fully saturated rings. The molecule has 0 saturated heterocycles. The summed E-state index contributed by atoms with van der Waals surface area (Å²) in [7, 11) is 0. The van der Waals surface area contributed by atoms with Crippen LogP contribution in [0.2, 0.25) is 0 Å². The van der Waals surface area contributed by atoms with E-state index in [4.69, 9.17) is 0 Å². The maximum atomic E-state index is 13.2. The predicted molar refractivity (Wildman–Crippen MR) is 110 cm³/mol. The second kappa shape index (κ2) is 6.23. The highest BCUT2D eigenvalue weighted by Gasteiger charge is 2.28. The largest absolute Gasteiger partial charge is 0.358 e. The molecule has 27 heavy (non-hydrogen) atoms. The van der Waals surface area contributed by atoms with Gasteiger partial charge in [0.15, 0.2) is 0 Å². The minimum atomic E-state index is -0.282. The molecule has 0 spiro atoms. The average Bonchev–Trinajstić information content (AvgIpc) is 3.27. The van der Waals surface area contributed by atoms with Crippen LogP contribution in [0.15, 0.2) is 53.3 Å². The Bertz CT molecular complexity index is 1180. The van der Waals surface area contributed by atoms with Crippen LogP contribution in [0, 0.1) is 0 Å². The van der Waals surface area contributed by atoms with Gasteiger partial charge in [-0.3, -0.25) is 4.79 Å². The first-order chi connectivity index (χ1) is 13.1. The van der Waals surface area contributed by atoms with Crippen LogP contribution in [-0.4, -0.2) is 31.9 Å². The molecule has 3 heterocycles. The fourth-order valence-electron chi connectivity index (χ4n) is 4.04. The molecule has 5 nitrogen and oxygen atoms in total. The zero-order valence-corrected chi connectivity index (χ0v) is 16.5. The third-order valence-electron chi connectivity index (χ3n) is 5.50. The number of carbonyl (C=O) groups excluding carboxylic acids is 1. The fourth-order valence-corrected chi connectivity index (χ4v) is 4.41. The van der Waals surface area contributed by atoms with Crippen molar-refractivity contribution in [1.29, 1.82) is 0 Å². The van der Waals surface area contributed by atoms with Gasteiger partial charge in [0.2, 0.25) is 5.91 Å². The summed E-state index contributed by atoms with van der Waals surface area (Å²) in [4.78, 5) is 23.1. The van der Waals surface area contributed by atoms with Crippen molar-refractivity contribution < 1.29 is 4.79 Å². The third kappa shape index (κ3) is 2.67. The number of nitrogens with one attached hydrogen (secondary N) is 1. The number of halogens is 1. The van der Waals surface area contributed by atoms with Crippen LogP contribution in [-0.2, 0) is 17.8 Å². The number of hydrogen-bond acceptors (Lipinski definition) is 2. The van der Waals surface area contributed by atoms with Crippen molar-refractivity contribution in [2.24, 2.45) is 0 Å². The lowest BCUT2D eigenvalue weighted by molar-refractivity contribution is -0.135. The first kappa shape index (κ1) is 16.6. The van der Waals surface area contributed by atoms with E-state index in [0.717, 1.165) is 34.0 Å². The quantitative estimate of drug-likeness (QED) is 0.519. The van der Waals surface area contributed by atoms with Crippen LogP contribution in [0.4, 0.5) is 0 Å². The SMILES string of the molecule is C[C@H](C(=O)N1CCc2[nH]c3ccc(Br)cc3c2C1)n1cnc2ccccc21. The Labute approximate surface area is 165 Å². The molecule has 1 aliphatic heterocycles. The van der Waals surface area contributed by atoms with Crippen molar-refractivity contribution in [3.63, 3.8) is 0 Å². The maximum Gasteiger partial charge on any atom is 0.245 e. The van der Waals surface area contributed by atoms with E-state index in [2.05, 4.69) is 38.0 Å². The third-order valence-corrected chi connectivity index (χ3v) is 6.00. The zero-order chi connectivity index (χ0) is 18.5. The number of H-pyrrole nitrogens is 1. The molecule has 1 aliphatic rings. The summed E-state index contributed by atoms with van der Waals surface area (Å²) < 4.78 is 3.03. The van der Waals surface area contributed by atoms with Crippen molar-refractivity contribution >= 4 is 43.8 Å². The number of imidazole rings is 1. The molecular formula is C21H19BrN4O. The number of amides is 1. The van der Waals surface area contributed by atoms with Crippen LogP contribution in [0.3, 0.4) is 0 Å². The molecule has 0 radical (unpaired) electrons. The summed E-state index contributed by atoms with van der Waals surface area (Å²) in [5.74, 6) is 0.133. The Morgan fingerprint density at radius 3 is 3.00 bits per heavy atom. The van der Waals surface area contributed by atoms with Gasteiger partial charge < -0.3 is 14.5 Å². The van der Waals surface area contributed by atoms with E-state index in [0.29, 0.717) is 6.54 Å². The van der Waals surface area contributed by atoms with E-state index in [1.807, 2.05) is 46.7 Å². The molecule has 1 amide bonds. The van der Waals surface area contributed by atoms with Crippen LogP contribution in [0.25, 0.3) is 21.9 Å². The number of nitrogens with zero attached hydrogens (tertiary/aromatic N) is 3. The summed E-state index contributed by atoms with van der Waals surface area (Å²) >= 11 is 3.56. The van der Waals surface area contributed by atoms with E-state index in [1.54, 1.807) is 6.33 Å². The predicted octanol–water partition coefficient (Wildman–Crippen LogP) is 4.43. The first-order valence-corrected chi connectivity index (χ1v) is 9.90. The van der Waals surface area contributed by atoms with E-state index in [1.165, 1.54) is 16.6 Å². The number of hydrogen-bond donors (Lipinski definition) is 1. The van der Waals surface area contributed by atoms with E-state index in [-0.39, 0.29) is 11.9 Å². The van der Waals surface area contributed by atoms with Gasteiger partial charge in [0.05, 0.1) is 17.4 Å². The van der Waals surface area contributed by atoms with Crippen molar-refractivity contribution in [2.45, 2.75) is 25.9 Å². The van der Waals surface area contributed by atoms with E-state index < -0.39 is 0 Å². The van der Waals surface area contributed by atoms with Gasteiger partial charge >= 0.3 is 0 Å². The van der Waals surface area contributed by atoms with Gasteiger partial charge in [-0.25, -0.2) is 4.98 Å². The maximum absolute atomic E-state index is 13.2. The minimum Gasteiger partial charge on any atom is -0.358 e. The molecule has 0 bridgehead atoms. The summed E-state index contributed by atoms with van der Waals surface area (Å²) in [5, 5.41) is 1.19. The van der Waals surface area contributed by atoms with Gasteiger partial charge in [-0.15, -0.1) is 0 Å². The summed E-state index contributed by atoms with van der Waals surface area (Å²) in [5.41, 5.74) is 5.51. The highest BCUT2D eigenvalue weighted by molar-refractivity contribution is 9.10. The van der Waals surface area contributed by atoms with Crippen molar-refractivity contribution in [2.75, 3.05) is 6.54 Å². The number of carbonyl (C=O) groups is 1. The number of aromatic nitrogens is 3. The molecule has 4 aromatic rings. The topological polar surface area (TPSA) is 53.9 Å². The number of benzene rings is 2. The highest BCUT2D eigenvalue weighted by atomic mass is 79.9. The smallest absolute Gasteiger partial charge is 0.245 e. The fraction of sp³-hybridized carbons (Fsp3) is 0.238. The van der Waals surface area contributed by atoms with Crippen LogP contribution < -0.4 is 0 Å². The monoisotopic (exact) mass is 422 g/mol. The Balaban J connectivity index is 1.46. The lowest BCUT2D eigenvalue weighted by Crippen LogP contribution is -2.39. The summed E-state index contributed by atoms with van der Waals surface area (Å²) in [6, 6.07) is 13.9. The van der Waals surface area contributed by atoms with Crippen LogP contribution in [0.1, 0.15) is 24.2 Å². The Kier molecular flexibility index (Phi) is 3.82. The van der Waals surface area contributed by atoms with Gasteiger partial charge in [0.25, 0.3) is 0 Å². The summed E-state index contributed by atoms with van der Waals surface area (Å²) in [6.07, 6.45) is 2.62. The lowest BCUT2D eigenvalue weighted by atomic mass is 10.0. The molecule has 136 valence electrons. The second-order valence-electron chi connectivity index (χ2n) is 7.10. The van der Waals surface area contributed by atoms with Gasteiger partial charge in [-0.1, -0.05) is 28.1 Å². The lowest BCUT2D eigenvalue weighted by Gasteiger charge is -2.30. The van der Waals surface area contributed by atoms with Crippen molar-refractivity contribution in [1.82, 2.24) is 19.4 Å². The van der Waals surface area contributed by atoms with E-state index >= 15 is 0 Å². The molecule has 0 unspecified atom stereocenters. The van der Waals surface area contributed by atoms with Gasteiger partial charge in [-0.2, -0.15) is 0 Å². The standard InChI is InChI=1S/C21H19BrN4O/c1-13(26-12-23-19-4-2-3-5-20(19)26)21(27)25-9-8-18-16(11-25)15-10-14(22)6-7-17(15)24-18/h2-7,10,12-13,24H,8-9,11H2,1H3/t13-/m1/s1. The Hall–Kier alpha value is -2.60.